The summed E-state index contributed by atoms with van der Waals surface area (Å²) in [5.74, 6) is 0.102. The topological polar surface area (TPSA) is 125 Å². The third-order valence-electron chi connectivity index (χ3n) is 18.7. The number of carbonyl (C=O) groups excluding carboxylic acids is 2. The van der Waals surface area contributed by atoms with Gasteiger partial charge in [0.15, 0.2) is 5.78 Å². The first-order chi connectivity index (χ1) is 25.0. The molecule has 53 heavy (non-hydrogen) atoms. The Bertz CT molecular complexity index is 1550. The molecule has 6 saturated carbocycles. The van der Waals surface area contributed by atoms with E-state index < -0.39 is 28.8 Å². The van der Waals surface area contributed by atoms with E-state index >= 15 is 0 Å². The minimum Gasteiger partial charge on any atom is -0.481 e. The van der Waals surface area contributed by atoms with Crippen LogP contribution in [0, 0.1) is 68.0 Å². The van der Waals surface area contributed by atoms with Crippen LogP contribution in [0.2, 0.25) is 0 Å². The number of hydrogen-bond acceptors (Lipinski definition) is 7. The van der Waals surface area contributed by atoms with Gasteiger partial charge in [-0.3, -0.25) is 14.4 Å². The van der Waals surface area contributed by atoms with Gasteiger partial charge in [-0.05, 0) is 134 Å². The van der Waals surface area contributed by atoms with Crippen molar-refractivity contribution in [2.75, 3.05) is 19.6 Å². The normalized spacial score (nSPS) is 47.6. The van der Waals surface area contributed by atoms with Crippen molar-refractivity contribution in [3.63, 3.8) is 0 Å². The molecule has 1 heterocycles. The highest BCUT2D eigenvalue weighted by Gasteiger charge is 2.80. The van der Waals surface area contributed by atoms with Crippen molar-refractivity contribution < 1.29 is 29.3 Å². The van der Waals surface area contributed by atoms with Gasteiger partial charge in [0.05, 0.1) is 17.9 Å². The molecule has 8 nitrogen and oxygen atoms in total. The van der Waals surface area contributed by atoms with Gasteiger partial charge in [0.1, 0.15) is 6.10 Å². The van der Waals surface area contributed by atoms with Crippen LogP contribution in [0.4, 0.5) is 0 Å². The largest absolute Gasteiger partial charge is 0.481 e. The predicted octanol–water partition coefficient (Wildman–Crippen LogP) is 7.47. The number of Topliss-reactive ketones (excluding diaryl/α,β-unsaturated/α-hetero) is 1. The monoisotopic (exact) mass is 735 g/mol. The zero-order chi connectivity index (χ0) is 37.9. The summed E-state index contributed by atoms with van der Waals surface area (Å²) < 4.78 is 6.47. The zero-order valence-corrected chi connectivity index (χ0v) is 34.0. The maximum absolute atomic E-state index is 14.0. The van der Waals surface area contributed by atoms with Gasteiger partial charge in [-0.25, -0.2) is 0 Å². The first-order valence-electron chi connectivity index (χ1n) is 21.8. The summed E-state index contributed by atoms with van der Waals surface area (Å²) in [7, 11) is 0. The number of ether oxygens (including phenoxy) is 1. The van der Waals surface area contributed by atoms with Crippen molar-refractivity contribution >= 4 is 17.7 Å². The Morgan fingerprint density at radius 3 is 2.36 bits per heavy atom. The van der Waals surface area contributed by atoms with Crippen molar-refractivity contribution in [2.24, 2.45) is 68.0 Å². The van der Waals surface area contributed by atoms with E-state index in [4.69, 9.17) is 4.74 Å². The summed E-state index contributed by atoms with van der Waals surface area (Å²) in [5.41, 5.74) is 1.74. The second kappa shape index (κ2) is 12.9. The number of esters is 1. The molecule has 0 aromatic heterocycles. The molecule has 0 aromatic carbocycles. The Balaban J connectivity index is 1.03. The summed E-state index contributed by atoms with van der Waals surface area (Å²) in [4.78, 5) is 39.5. The fourth-order valence-electron chi connectivity index (χ4n) is 15.5. The van der Waals surface area contributed by atoms with E-state index in [1.165, 1.54) is 44.1 Å². The van der Waals surface area contributed by atoms with Crippen molar-refractivity contribution in [3.05, 3.63) is 11.1 Å². The second-order valence-corrected chi connectivity index (χ2v) is 21.4. The zero-order valence-electron chi connectivity index (χ0n) is 34.0. The fourth-order valence-corrected chi connectivity index (χ4v) is 15.5. The highest BCUT2D eigenvalue weighted by atomic mass is 16.5. The van der Waals surface area contributed by atoms with Crippen molar-refractivity contribution in [1.82, 2.24) is 10.6 Å². The number of carbonyl (C=O) groups is 3. The van der Waals surface area contributed by atoms with Gasteiger partial charge >= 0.3 is 11.9 Å². The summed E-state index contributed by atoms with van der Waals surface area (Å²) >= 11 is 0. The van der Waals surface area contributed by atoms with Crippen LogP contribution in [0.5, 0.6) is 0 Å². The standard InChI is InChI=1S/C45H70N2O6/c1-26(2)36-33(48)22-44(34(49)24-46-23-27-11-8-9-20-47-27)19-18-41(5)28-12-10-16-45-25-43(45,7)35(53-39(52)32-21-31(38(50)51)40(32,3)4)15-17-42(45,6)29(28)13-14-30(41)37(36)44/h26-32,34-35,46-47,49H,8-25H2,1-7H3,(H,50,51)/t27-,28+,29+,30-,31+,32-,34+,35+,41+,42-,43-,44+,45+/m1/s1. The molecule has 8 rings (SSSR count). The molecule has 1 spiro atoms. The van der Waals surface area contributed by atoms with E-state index in [1.807, 2.05) is 13.8 Å². The van der Waals surface area contributed by atoms with Gasteiger partial charge in [0, 0.05) is 36.4 Å². The Morgan fingerprint density at radius 2 is 1.68 bits per heavy atom. The molecule has 0 bridgehead atoms. The number of rotatable bonds is 9. The molecule has 0 radical (unpaired) electrons. The Kier molecular flexibility index (Phi) is 9.26. The second-order valence-electron chi connectivity index (χ2n) is 21.4. The number of allylic oxidation sites excluding steroid dienone is 1. The van der Waals surface area contributed by atoms with Gasteiger partial charge in [-0.2, -0.15) is 0 Å². The van der Waals surface area contributed by atoms with Gasteiger partial charge in [0.25, 0.3) is 0 Å². The highest BCUT2D eigenvalue weighted by Crippen LogP contribution is 2.84. The van der Waals surface area contributed by atoms with Crippen LogP contribution >= 0.6 is 0 Å². The minimum absolute atomic E-state index is 0.0421. The lowest BCUT2D eigenvalue weighted by Crippen LogP contribution is -2.58. The van der Waals surface area contributed by atoms with Crippen molar-refractivity contribution in [2.45, 2.75) is 163 Å². The number of fused-ring (bicyclic) bond motifs is 6. The average Bonchev–Trinajstić information content (AvgIpc) is 3.66. The molecular formula is C45H70N2O6. The SMILES string of the molecule is CC(C)C1=C2[C@H]3CC[C@H]4[C@H](CCC[C@@]56C[C@]5(C)[C@@H](OC(=O)[C@H]5C[C@@H](C(=O)O)C5(C)C)CC[C@]46C)[C@]3(C)CC[C@@]2([C@@H](O)CNC[C@H]2CCCCN2)CC1=O. The minimum atomic E-state index is -0.812. The van der Waals surface area contributed by atoms with Crippen LogP contribution in [0.3, 0.4) is 0 Å². The lowest BCUT2D eigenvalue weighted by Gasteiger charge is -2.63. The summed E-state index contributed by atoms with van der Waals surface area (Å²) in [6, 6.07) is 0.460. The number of aliphatic carboxylic acids is 1. The van der Waals surface area contributed by atoms with E-state index in [1.54, 1.807) is 0 Å². The van der Waals surface area contributed by atoms with E-state index in [-0.39, 0.29) is 51.4 Å². The smallest absolute Gasteiger partial charge is 0.309 e. The molecule has 7 aliphatic carbocycles. The maximum atomic E-state index is 14.0. The number of carboxylic acid groups (broad SMARTS) is 1. The fraction of sp³-hybridized carbons (Fsp3) is 0.889. The van der Waals surface area contributed by atoms with Gasteiger partial charge < -0.3 is 25.6 Å². The first kappa shape index (κ1) is 38.1. The van der Waals surface area contributed by atoms with E-state index in [9.17, 15) is 24.6 Å². The van der Waals surface area contributed by atoms with Crippen molar-refractivity contribution in [1.29, 1.82) is 0 Å². The lowest BCUT2D eigenvalue weighted by molar-refractivity contribution is -0.188. The summed E-state index contributed by atoms with van der Waals surface area (Å²) in [6.45, 7) is 18.3. The molecule has 296 valence electrons. The predicted molar refractivity (Wildman–Crippen MR) is 205 cm³/mol. The molecule has 13 atom stereocenters. The molecule has 1 saturated heterocycles. The van der Waals surface area contributed by atoms with Gasteiger partial charge in [-0.1, -0.05) is 66.9 Å². The summed E-state index contributed by atoms with van der Waals surface area (Å²) in [6.07, 6.45) is 14.7. The number of hydrogen-bond donors (Lipinski definition) is 4. The van der Waals surface area contributed by atoms with Crippen LogP contribution in [0.25, 0.3) is 0 Å². The molecule has 0 aromatic rings. The first-order valence-corrected chi connectivity index (χ1v) is 21.8. The quantitative estimate of drug-likeness (QED) is 0.180. The van der Waals surface area contributed by atoms with Gasteiger partial charge in [0.2, 0.25) is 0 Å². The third-order valence-corrected chi connectivity index (χ3v) is 18.7. The molecule has 8 aliphatic rings. The van der Waals surface area contributed by atoms with Crippen LogP contribution in [-0.4, -0.2) is 65.8 Å². The number of aliphatic hydroxyl groups excluding tert-OH is 1. The van der Waals surface area contributed by atoms with Crippen molar-refractivity contribution in [3.8, 4) is 0 Å². The Labute approximate surface area is 318 Å². The Morgan fingerprint density at radius 1 is 0.906 bits per heavy atom. The van der Waals surface area contributed by atoms with Crippen LogP contribution in [-0.2, 0) is 19.1 Å². The van der Waals surface area contributed by atoms with E-state index in [0.29, 0.717) is 43.2 Å². The molecule has 0 unspecified atom stereocenters. The number of nitrogens with one attached hydrogen (secondary N) is 2. The molecule has 4 N–H and O–H groups in total. The third kappa shape index (κ3) is 5.32. The number of carboxylic acids is 1. The number of piperidine rings is 1. The number of ketones is 1. The van der Waals surface area contributed by atoms with Crippen LogP contribution in [0.1, 0.15) is 145 Å². The van der Waals surface area contributed by atoms with Gasteiger partial charge in [-0.15, -0.1) is 0 Å². The molecular weight excluding hydrogens is 665 g/mol. The van der Waals surface area contributed by atoms with E-state index in [0.717, 1.165) is 63.6 Å². The molecule has 0 amide bonds. The molecule has 1 aliphatic heterocycles. The highest BCUT2D eigenvalue weighted by molar-refractivity contribution is 6.00. The Hall–Kier alpha value is -1.77. The molecule has 8 heteroatoms. The average molecular weight is 735 g/mol. The molecule has 7 fully saturated rings. The van der Waals surface area contributed by atoms with Crippen LogP contribution < -0.4 is 10.6 Å². The van der Waals surface area contributed by atoms with E-state index in [2.05, 4.69) is 45.3 Å². The maximum Gasteiger partial charge on any atom is 0.309 e. The summed E-state index contributed by atoms with van der Waals surface area (Å²) in [5, 5.41) is 29.1. The van der Waals surface area contributed by atoms with Crippen LogP contribution in [0.15, 0.2) is 11.1 Å². The number of aliphatic hydroxyl groups is 1. The lowest BCUT2D eigenvalue weighted by atomic mass is 9.42.